The standard InChI is InChI=1S/C30H36N2O2/c1-2-28(30(34)31-26-17-7-4-8-18-26)32(22-23-12-5-3-6-13-23)29(33)21-20-25-16-11-15-24-14-9-10-19-27(24)25/h3,5-6,9-16,19,26,28H,2,4,7-8,17-18,20-22H2,1H3,(H,31,34)/t28-/m0/s1. The Labute approximate surface area is 203 Å². The van der Waals surface area contributed by atoms with Gasteiger partial charge in [-0.25, -0.2) is 0 Å². The molecular formula is C30H36N2O2. The van der Waals surface area contributed by atoms with Gasteiger partial charge in [0.05, 0.1) is 0 Å². The number of carbonyl (C=O) groups excluding carboxylic acids is 2. The molecule has 2 amide bonds. The van der Waals surface area contributed by atoms with E-state index < -0.39 is 6.04 Å². The first-order valence-electron chi connectivity index (χ1n) is 12.8. The van der Waals surface area contributed by atoms with Crippen LogP contribution in [0.15, 0.2) is 72.8 Å². The summed E-state index contributed by atoms with van der Waals surface area (Å²) in [5.41, 5.74) is 2.22. The molecule has 0 heterocycles. The van der Waals surface area contributed by atoms with Crippen molar-refractivity contribution in [3.63, 3.8) is 0 Å². The summed E-state index contributed by atoms with van der Waals surface area (Å²) in [4.78, 5) is 28.7. The van der Waals surface area contributed by atoms with Crippen LogP contribution in [0.1, 0.15) is 63.0 Å². The van der Waals surface area contributed by atoms with Crippen molar-refractivity contribution < 1.29 is 9.59 Å². The van der Waals surface area contributed by atoms with Crippen molar-refractivity contribution in [2.24, 2.45) is 0 Å². The molecule has 1 saturated carbocycles. The highest BCUT2D eigenvalue weighted by Crippen LogP contribution is 2.22. The van der Waals surface area contributed by atoms with Crippen molar-refractivity contribution in [1.82, 2.24) is 10.2 Å². The van der Waals surface area contributed by atoms with Crippen LogP contribution < -0.4 is 5.32 Å². The summed E-state index contributed by atoms with van der Waals surface area (Å²) in [7, 11) is 0. The van der Waals surface area contributed by atoms with Crippen LogP contribution >= 0.6 is 0 Å². The van der Waals surface area contributed by atoms with Crippen LogP contribution in [0.2, 0.25) is 0 Å². The van der Waals surface area contributed by atoms with Gasteiger partial charge in [0.1, 0.15) is 6.04 Å². The third-order valence-corrected chi connectivity index (χ3v) is 7.02. The molecule has 3 aromatic carbocycles. The Bertz CT molecular complexity index is 1080. The molecule has 3 aromatic rings. The van der Waals surface area contributed by atoms with E-state index >= 15 is 0 Å². The zero-order chi connectivity index (χ0) is 23.8. The van der Waals surface area contributed by atoms with Crippen LogP contribution in [-0.2, 0) is 22.6 Å². The lowest BCUT2D eigenvalue weighted by atomic mass is 9.95. The number of fused-ring (bicyclic) bond motifs is 1. The van der Waals surface area contributed by atoms with E-state index in [1.54, 1.807) is 4.90 Å². The molecule has 0 bridgehead atoms. The molecule has 0 saturated heterocycles. The van der Waals surface area contributed by atoms with Gasteiger partial charge >= 0.3 is 0 Å². The summed E-state index contributed by atoms with van der Waals surface area (Å²) in [6.45, 7) is 2.45. The molecule has 0 aliphatic heterocycles. The highest BCUT2D eigenvalue weighted by Gasteiger charge is 2.30. The molecular weight excluding hydrogens is 420 g/mol. The van der Waals surface area contributed by atoms with E-state index in [1.165, 1.54) is 35.6 Å². The lowest BCUT2D eigenvalue weighted by Crippen LogP contribution is -2.51. The molecule has 1 atom stereocenters. The summed E-state index contributed by atoms with van der Waals surface area (Å²) in [5, 5.41) is 5.63. The molecule has 0 spiro atoms. The first-order chi connectivity index (χ1) is 16.7. The molecule has 0 aromatic heterocycles. The zero-order valence-corrected chi connectivity index (χ0v) is 20.2. The second-order valence-corrected chi connectivity index (χ2v) is 9.41. The van der Waals surface area contributed by atoms with E-state index in [0.29, 0.717) is 25.8 Å². The Morgan fingerprint density at radius 1 is 0.912 bits per heavy atom. The zero-order valence-electron chi connectivity index (χ0n) is 20.2. The topological polar surface area (TPSA) is 49.4 Å². The van der Waals surface area contributed by atoms with Crippen LogP contribution in [0.3, 0.4) is 0 Å². The van der Waals surface area contributed by atoms with Gasteiger partial charge in [-0.15, -0.1) is 0 Å². The fourth-order valence-electron chi connectivity index (χ4n) is 5.14. The van der Waals surface area contributed by atoms with Crippen molar-refractivity contribution in [2.75, 3.05) is 0 Å². The Morgan fingerprint density at radius 2 is 1.62 bits per heavy atom. The number of benzene rings is 3. The smallest absolute Gasteiger partial charge is 0.243 e. The van der Waals surface area contributed by atoms with Crippen LogP contribution in [-0.4, -0.2) is 28.8 Å². The number of nitrogens with zero attached hydrogens (tertiary/aromatic N) is 1. The van der Waals surface area contributed by atoms with E-state index in [2.05, 4.69) is 35.6 Å². The Kier molecular flexibility index (Phi) is 8.35. The van der Waals surface area contributed by atoms with Gasteiger partial charge in [-0.1, -0.05) is 99.0 Å². The van der Waals surface area contributed by atoms with Gasteiger partial charge in [-0.2, -0.15) is 0 Å². The minimum Gasteiger partial charge on any atom is -0.352 e. The van der Waals surface area contributed by atoms with Crippen LogP contribution in [0.25, 0.3) is 10.8 Å². The van der Waals surface area contributed by atoms with Crippen molar-refractivity contribution in [2.45, 2.75) is 76.9 Å². The number of hydrogen-bond acceptors (Lipinski definition) is 2. The van der Waals surface area contributed by atoms with Crippen molar-refractivity contribution in [3.8, 4) is 0 Å². The molecule has 4 nitrogen and oxygen atoms in total. The van der Waals surface area contributed by atoms with Gasteiger partial charge in [0.15, 0.2) is 0 Å². The summed E-state index contributed by atoms with van der Waals surface area (Å²) in [6.07, 6.45) is 7.30. The summed E-state index contributed by atoms with van der Waals surface area (Å²) in [6, 6.07) is 24.3. The van der Waals surface area contributed by atoms with Gasteiger partial charge in [-0.3, -0.25) is 9.59 Å². The highest BCUT2D eigenvalue weighted by atomic mass is 16.2. The summed E-state index contributed by atoms with van der Waals surface area (Å²) < 4.78 is 0. The molecule has 0 unspecified atom stereocenters. The molecule has 1 aliphatic rings. The van der Waals surface area contributed by atoms with E-state index in [1.807, 2.05) is 49.4 Å². The van der Waals surface area contributed by atoms with Gasteiger partial charge in [0.25, 0.3) is 0 Å². The maximum atomic E-state index is 13.6. The average Bonchev–Trinajstić information content (AvgIpc) is 2.88. The second kappa shape index (κ2) is 11.8. The van der Waals surface area contributed by atoms with E-state index in [4.69, 9.17) is 0 Å². The van der Waals surface area contributed by atoms with Gasteiger partial charge in [0.2, 0.25) is 11.8 Å². The Morgan fingerprint density at radius 3 is 2.38 bits per heavy atom. The van der Waals surface area contributed by atoms with Crippen LogP contribution in [0, 0.1) is 0 Å². The minimum atomic E-state index is -0.456. The maximum Gasteiger partial charge on any atom is 0.243 e. The van der Waals surface area contributed by atoms with Crippen molar-refractivity contribution >= 4 is 22.6 Å². The van der Waals surface area contributed by atoms with E-state index in [9.17, 15) is 9.59 Å². The molecule has 0 radical (unpaired) electrons. The largest absolute Gasteiger partial charge is 0.352 e. The summed E-state index contributed by atoms with van der Waals surface area (Å²) >= 11 is 0. The molecule has 1 fully saturated rings. The predicted molar refractivity (Wildman–Crippen MR) is 138 cm³/mol. The quantitative estimate of drug-likeness (QED) is 0.427. The normalized spacial score (nSPS) is 15.1. The third-order valence-electron chi connectivity index (χ3n) is 7.02. The van der Waals surface area contributed by atoms with Crippen molar-refractivity contribution in [1.29, 1.82) is 0 Å². The lowest BCUT2D eigenvalue weighted by molar-refractivity contribution is -0.141. The molecule has 178 valence electrons. The molecule has 1 N–H and O–H groups in total. The fraction of sp³-hybridized carbons (Fsp3) is 0.400. The lowest BCUT2D eigenvalue weighted by Gasteiger charge is -2.33. The average molecular weight is 457 g/mol. The molecule has 1 aliphatic carbocycles. The number of aryl methyl sites for hydroxylation is 1. The van der Waals surface area contributed by atoms with Crippen molar-refractivity contribution in [3.05, 3.63) is 83.9 Å². The number of hydrogen-bond donors (Lipinski definition) is 1. The number of amides is 2. The van der Waals surface area contributed by atoms with Gasteiger partial charge in [0, 0.05) is 19.0 Å². The molecule has 4 rings (SSSR count). The first kappa shape index (κ1) is 24.0. The first-order valence-corrected chi connectivity index (χ1v) is 12.8. The Hall–Kier alpha value is -3.14. The van der Waals surface area contributed by atoms with Crippen LogP contribution in [0.4, 0.5) is 0 Å². The van der Waals surface area contributed by atoms with Gasteiger partial charge in [-0.05, 0) is 47.6 Å². The Balaban J connectivity index is 1.51. The number of carbonyl (C=O) groups is 2. The predicted octanol–water partition coefficient (Wildman–Crippen LogP) is 6.03. The maximum absolute atomic E-state index is 13.6. The monoisotopic (exact) mass is 456 g/mol. The fourth-order valence-corrected chi connectivity index (χ4v) is 5.14. The van der Waals surface area contributed by atoms with Crippen LogP contribution in [0.5, 0.6) is 0 Å². The molecule has 4 heteroatoms. The number of rotatable bonds is 9. The summed E-state index contributed by atoms with van der Waals surface area (Å²) in [5.74, 6) is 0.0197. The number of nitrogens with one attached hydrogen (secondary N) is 1. The van der Waals surface area contributed by atoms with Gasteiger partial charge < -0.3 is 10.2 Å². The highest BCUT2D eigenvalue weighted by molar-refractivity contribution is 5.89. The third kappa shape index (κ3) is 6.05. The minimum absolute atomic E-state index is 0.0103. The van der Waals surface area contributed by atoms with E-state index in [0.717, 1.165) is 18.4 Å². The second-order valence-electron chi connectivity index (χ2n) is 9.41. The van der Waals surface area contributed by atoms with E-state index in [-0.39, 0.29) is 17.9 Å². The SMILES string of the molecule is CC[C@@H](C(=O)NC1CCCCC1)N(Cc1ccccc1)C(=O)CCc1cccc2ccccc12. The molecule has 34 heavy (non-hydrogen) atoms.